The first-order chi connectivity index (χ1) is 7.74. The van der Waals surface area contributed by atoms with Crippen molar-refractivity contribution in [1.29, 1.82) is 0 Å². The summed E-state index contributed by atoms with van der Waals surface area (Å²) in [5.74, 6) is 0. The van der Waals surface area contributed by atoms with E-state index in [1.165, 1.54) is 5.56 Å². The predicted octanol–water partition coefficient (Wildman–Crippen LogP) is 3.45. The minimum Gasteiger partial charge on any atom is -0.302 e. The quantitative estimate of drug-likeness (QED) is 0.735. The number of hydrogen-bond donors (Lipinski definition) is 0. The molecule has 2 aromatic rings. The fraction of sp³-hybridized carbons (Fsp3) is 0.214. The average molecular weight is 230 g/mol. The molecule has 0 saturated carbocycles. The van der Waals surface area contributed by atoms with E-state index in [2.05, 4.69) is 12.1 Å². The topological polar surface area (TPSA) is 17.1 Å². The molecule has 1 aromatic carbocycles. The molecular weight excluding hydrogens is 216 g/mol. The molecule has 0 bridgehead atoms. The van der Waals surface area contributed by atoms with Gasteiger partial charge in [-0.3, -0.25) is 0 Å². The van der Waals surface area contributed by atoms with Gasteiger partial charge in [0.25, 0.3) is 0 Å². The molecule has 0 radical (unpaired) electrons. The van der Waals surface area contributed by atoms with E-state index in [-0.39, 0.29) is 0 Å². The molecule has 2 rings (SSSR count). The van der Waals surface area contributed by atoms with Crippen LogP contribution in [0.5, 0.6) is 0 Å². The number of carbonyl (C=O) groups excluding carboxylic acids is 1. The van der Waals surface area contributed by atoms with Crippen LogP contribution in [0.15, 0.2) is 47.8 Å². The molecule has 2 heteroatoms. The monoisotopic (exact) mass is 230 g/mol. The maximum absolute atomic E-state index is 11.3. The Hall–Kier alpha value is -1.41. The summed E-state index contributed by atoms with van der Waals surface area (Å²) in [5.41, 5.74) is 0.806. The van der Waals surface area contributed by atoms with Gasteiger partial charge >= 0.3 is 0 Å². The molecule has 0 saturated heterocycles. The Kier molecular flexibility index (Phi) is 3.20. The first-order valence-corrected chi connectivity index (χ1v) is 6.17. The van der Waals surface area contributed by atoms with Crippen LogP contribution in [0.4, 0.5) is 0 Å². The van der Waals surface area contributed by atoms with Gasteiger partial charge in [0.15, 0.2) is 0 Å². The Morgan fingerprint density at radius 1 is 1.19 bits per heavy atom. The van der Waals surface area contributed by atoms with Crippen LogP contribution in [-0.4, -0.2) is 6.29 Å². The van der Waals surface area contributed by atoms with Crippen LogP contribution in [0.1, 0.15) is 17.4 Å². The van der Waals surface area contributed by atoms with Crippen LogP contribution in [-0.2, 0) is 16.6 Å². The second-order valence-electron chi connectivity index (χ2n) is 4.17. The Labute approximate surface area is 99.8 Å². The Morgan fingerprint density at radius 2 is 1.94 bits per heavy atom. The van der Waals surface area contributed by atoms with E-state index >= 15 is 0 Å². The Morgan fingerprint density at radius 3 is 2.50 bits per heavy atom. The van der Waals surface area contributed by atoms with E-state index in [4.69, 9.17) is 0 Å². The Balaban J connectivity index is 2.27. The third kappa shape index (κ3) is 2.22. The lowest BCUT2D eigenvalue weighted by molar-refractivity contribution is -0.112. The van der Waals surface area contributed by atoms with E-state index in [9.17, 15) is 4.79 Å². The molecule has 16 heavy (non-hydrogen) atoms. The summed E-state index contributed by atoms with van der Waals surface area (Å²) in [7, 11) is 0. The summed E-state index contributed by atoms with van der Waals surface area (Å²) in [6.45, 7) is 2.00. The van der Waals surface area contributed by atoms with Crippen LogP contribution in [0.25, 0.3) is 0 Å². The van der Waals surface area contributed by atoms with Gasteiger partial charge in [0.1, 0.15) is 6.29 Å². The summed E-state index contributed by atoms with van der Waals surface area (Å²) in [4.78, 5) is 12.5. The van der Waals surface area contributed by atoms with Crippen molar-refractivity contribution in [1.82, 2.24) is 0 Å². The van der Waals surface area contributed by atoms with Crippen molar-refractivity contribution in [3.8, 4) is 0 Å². The minimum absolute atomic E-state index is 0.393. The van der Waals surface area contributed by atoms with Crippen molar-refractivity contribution in [2.45, 2.75) is 18.8 Å². The Bertz CT molecular complexity index is 447. The summed E-state index contributed by atoms with van der Waals surface area (Å²) < 4.78 is 0. The highest BCUT2D eigenvalue weighted by atomic mass is 32.1. The van der Waals surface area contributed by atoms with Gasteiger partial charge < -0.3 is 4.79 Å². The highest BCUT2D eigenvalue weighted by molar-refractivity contribution is 7.10. The zero-order chi connectivity index (χ0) is 11.4. The highest BCUT2D eigenvalue weighted by Gasteiger charge is 2.27. The number of thiophene rings is 1. The number of benzene rings is 1. The molecule has 0 aliphatic carbocycles. The third-order valence-electron chi connectivity index (χ3n) is 2.76. The molecule has 0 amide bonds. The number of carbonyl (C=O) groups is 1. The lowest BCUT2D eigenvalue weighted by Gasteiger charge is -2.21. The number of hydrogen-bond acceptors (Lipinski definition) is 2. The minimum atomic E-state index is -0.393. The average Bonchev–Trinajstić information content (AvgIpc) is 2.84. The molecule has 0 fully saturated rings. The number of aldehydes is 1. The van der Waals surface area contributed by atoms with Crippen molar-refractivity contribution in [3.63, 3.8) is 0 Å². The maximum atomic E-state index is 11.3. The van der Waals surface area contributed by atoms with Gasteiger partial charge in [-0.25, -0.2) is 0 Å². The third-order valence-corrected chi connectivity index (χ3v) is 3.91. The molecule has 0 spiro atoms. The van der Waals surface area contributed by atoms with E-state index in [1.54, 1.807) is 11.3 Å². The van der Waals surface area contributed by atoms with E-state index < -0.39 is 5.41 Å². The zero-order valence-electron chi connectivity index (χ0n) is 9.22. The summed E-state index contributed by atoms with van der Waals surface area (Å²) in [6.07, 6.45) is 1.82. The van der Waals surface area contributed by atoms with Gasteiger partial charge in [-0.05, 0) is 30.4 Å². The molecule has 0 N–H and O–H groups in total. The fourth-order valence-corrected chi connectivity index (χ4v) is 2.66. The summed E-state index contributed by atoms with van der Waals surface area (Å²) in [6, 6.07) is 14.2. The maximum Gasteiger partial charge on any atom is 0.131 e. The van der Waals surface area contributed by atoms with Crippen LogP contribution >= 0.6 is 11.3 Å². The lowest BCUT2D eigenvalue weighted by Crippen LogP contribution is -2.25. The molecule has 0 aliphatic rings. The van der Waals surface area contributed by atoms with E-state index in [0.29, 0.717) is 0 Å². The standard InChI is InChI=1S/C14H14OS/c1-14(11-15,13-8-5-9-16-13)10-12-6-3-2-4-7-12/h2-9,11H,10H2,1H3. The van der Waals surface area contributed by atoms with Crippen LogP contribution in [0.3, 0.4) is 0 Å². The molecule has 1 atom stereocenters. The van der Waals surface area contributed by atoms with Gasteiger partial charge in [0.2, 0.25) is 0 Å². The van der Waals surface area contributed by atoms with Crippen molar-refractivity contribution in [3.05, 3.63) is 58.3 Å². The van der Waals surface area contributed by atoms with Gasteiger partial charge in [0.05, 0.1) is 5.41 Å². The normalized spacial score (nSPS) is 14.3. The van der Waals surface area contributed by atoms with Crippen molar-refractivity contribution < 1.29 is 4.79 Å². The lowest BCUT2D eigenvalue weighted by atomic mass is 9.84. The van der Waals surface area contributed by atoms with Gasteiger partial charge in [0, 0.05) is 4.88 Å². The highest BCUT2D eigenvalue weighted by Crippen LogP contribution is 2.29. The van der Waals surface area contributed by atoms with Crippen LogP contribution in [0.2, 0.25) is 0 Å². The first-order valence-electron chi connectivity index (χ1n) is 5.29. The van der Waals surface area contributed by atoms with Crippen LogP contribution < -0.4 is 0 Å². The van der Waals surface area contributed by atoms with E-state index in [0.717, 1.165) is 17.6 Å². The molecule has 82 valence electrons. The second kappa shape index (κ2) is 4.62. The molecule has 0 aliphatic heterocycles. The summed E-state index contributed by atoms with van der Waals surface area (Å²) >= 11 is 1.64. The molecule has 1 aromatic heterocycles. The largest absolute Gasteiger partial charge is 0.302 e. The van der Waals surface area contributed by atoms with Crippen molar-refractivity contribution >= 4 is 17.6 Å². The molecule has 1 unspecified atom stereocenters. The number of rotatable bonds is 4. The molecule has 1 nitrogen and oxygen atoms in total. The SMILES string of the molecule is CC(C=O)(Cc1ccccc1)c1cccs1. The molecular formula is C14H14OS. The van der Waals surface area contributed by atoms with Crippen molar-refractivity contribution in [2.75, 3.05) is 0 Å². The van der Waals surface area contributed by atoms with Gasteiger partial charge in [-0.2, -0.15) is 0 Å². The molecule has 1 heterocycles. The summed E-state index contributed by atoms with van der Waals surface area (Å²) in [5, 5.41) is 2.02. The van der Waals surface area contributed by atoms with E-state index in [1.807, 2.05) is 42.6 Å². The van der Waals surface area contributed by atoms with Crippen LogP contribution in [0, 0.1) is 0 Å². The van der Waals surface area contributed by atoms with Gasteiger partial charge in [-0.1, -0.05) is 36.4 Å². The smallest absolute Gasteiger partial charge is 0.131 e. The zero-order valence-corrected chi connectivity index (χ0v) is 10.0. The van der Waals surface area contributed by atoms with Gasteiger partial charge in [-0.15, -0.1) is 11.3 Å². The first kappa shape index (κ1) is 11.1. The van der Waals surface area contributed by atoms with Crippen molar-refractivity contribution in [2.24, 2.45) is 0 Å². The second-order valence-corrected chi connectivity index (χ2v) is 5.12. The predicted molar refractivity (Wildman–Crippen MR) is 67.9 cm³/mol. The fourth-order valence-electron chi connectivity index (χ4n) is 1.81.